The van der Waals surface area contributed by atoms with Crippen LogP contribution in [0.25, 0.3) is 0 Å². The second-order valence-corrected chi connectivity index (χ2v) is 4.78. The van der Waals surface area contributed by atoms with Gasteiger partial charge in [0.25, 0.3) is 5.91 Å². The number of hydrogen-bond acceptors (Lipinski definition) is 5. The molecule has 0 bridgehead atoms. The number of nitrogens with one attached hydrogen (secondary N) is 1. The van der Waals surface area contributed by atoms with Gasteiger partial charge in [-0.15, -0.1) is 11.8 Å². The number of benzene rings is 1. The van der Waals surface area contributed by atoms with E-state index in [-0.39, 0.29) is 24.8 Å². The average molecular weight is 280 g/mol. The fourth-order valence-electron chi connectivity index (χ4n) is 1.45. The summed E-state index contributed by atoms with van der Waals surface area (Å²) in [5.74, 6) is 0.0209. The zero-order valence-electron chi connectivity index (χ0n) is 10.6. The van der Waals surface area contributed by atoms with Crippen LogP contribution in [0, 0.1) is 11.3 Å². The lowest BCUT2D eigenvalue weighted by Crippen LogP contribution is -2.34. The highest BCUT2D eigenvalue weighted by atomic mass is 32.2. The first kappa shape index (κ1) is 15.5. The van der Waals surface area contributed by atoms with Gasteiger partial charge in [0.05, 0.1) is 30.1 Å². The molecule has 0 heterocycles. The minimum Gasteiger partial charge on any atom is -0.389 e. The number of nitriles is 1. The van der Waals surface area contributed by atoms with Crippen LogP contribution in [0.2, 0.25) is 0 Å². The van der Waals surface area contributed by atoms with Crippen molar-refractivity contribution in [2.75, 3.05) is 26.0 Å². The third-order valence-electron chi connectivity index (χ3n) is 2.28. The molecule has 19 heavy (non-hydrogen) atoms. The van der Waals surface area contributed by atoms with Crippen molar-refractivity contribution in [2.45, 2.75) is 11.0 Å². The molecule has 0 aliphatic carbocycles. The summed E-state index contributed by atoms with van der Waals surface area (Å²) in [6.07, 6.45) is -0.729. The lowest BCUT2D eigenvalue weighted by Gasteiger charge is -2.12. The molecule has 0 radical (unpaired) electrons. The lowest BCUT2D eigenvalue weighted by molar-refractivity contribution is 0.0609. The Morgan fingerprint density at radius 2 is 2.32 bits per heavy atom. The summed E-state index contributed by atoms with van der Waals surface area (Å²) >= 11 is 1.31. The smallest absolute Gasteiger partial charge is 0.252 e. The minimum absolute atomic E-state index is 0.129. The molecule has 0 fully saturated rings. The van der Waals surface area contributed by atoms with Crippen molar-refractivity contribution in [3.63, 3.8) is 0 Å². The van der Waals surface area contributed by atoms with Gasteiger partial charge in [0.15, 0.2) is 0 Å². The standard InChI is InChI=1S/C13H16N2O3S/c1-18-9-10(16)8-15-13(17)11-4-2-3-5-12(11)19-7-6-14/h2-5,10,16H,7-9H2,1H3,(H,15,17). The summed E-state index contributed by atoms with van der Waals surface area (Å²) in [7, 11) is 1.48. The van der Waals surface area contributed by atoms with Crippen LogP contribution in [0.5, 0.6) is 0 Å². The Morgan fingerprint density at radius 3 is 3.00 bits per heavy atom. The zero-order chi connectivity index (χ0) is 14.1. The summed E-state index contributed by atoms with van der Waals surface area (Å²) in [4.78, 5) is 12.7. The Kier molecular flexibility index (Phi) is 6.97. The van der Waals surface area contributed by atoms with Crippen LogP contribution in [-0.2, 0) is 4.74 Å². The molecule has 102 valence electrons. The van der Waals surface area contributed by atoms with Gasteiger partial charge in [0.2, 0.25) is 0 Å². The van der Waals surface area contributed by atoms with E-state index in [4.69, 9.17) is 10.00 Å². The van der Waals surface area contributed by atoms with Gasteiger partial charge in [-0.3, -0.25) is 4.79 Å². The summed E-state index contributed by atoms with van der Waals surface area (Å²) in [6, 6.07) is 9.09. The van der Waals surface area contributed by atoms with Gasteiger partial charge in [-0.25, -0.2) is 0 Å². The average Bonchev–Trinajstić information content (AvgIpc) is 2.43. The Labute approximate surface area is 116 Å². The van der Waals surface area contributed by atoms with Crippen molar-refractivity contribution >= 4 is 17.7 Å². The maximum atomic E-state index is 12.0. The first-order valence-electron chi connectivity index (χ1n) is 5.73. The molecule has 1 amide bonds. The molecule has 1 unspecified atom stereocenters. The fraction of sp³-hybridized carbons (Fsp3) is 0.385. The van der Waals surface area contributed by atoms with E-state index >= 15 is 0 Å². The van der Waals surface area contributed by atoms with Gasteiger partial charge in [-0.05, 0) is 12.1 Å². The van der Waals surface area contributed by atoms with Gasteiger partial charge in [-0.2, -0.15) is 5.26 Å². The van der Waals surface area contributed by atoms with Crippen LogP contribution < -0.4 is 5.32 Å². The molecule has 6 heteroatoms. The number of aliphatic hydroxyl groups excluding tert-OH is 1. The molecule has 0 aliphatic heterocycles. The molecule has 0 aliphatic rings. The third-order valence-corrected chi connectivity index (χ3v) is 3.22. The van der Waals surface area contributed by atoms with Crippen molar-refractivity contribution in [2.24, 2.45) is 0 Å². The van der Waals surface area contributed by atoms with Crippen LogP contribution in [-0.4, -0.2) is 43.1 Å². The van der Waals surface area contributed by atoms with Crippen molar-refractivity contribution in [3.05, 3.63) is 29.8 Å². The number of thioether (sulfide) groups is 1. The van der Waals surface area contributed by atoms with E-state index in [1.54, 1.807) is 18.2 Å². The maximum absolute atomic E-state index is 12.0. The molecule has 0 saturated heterocycles. The van der Waals surface area contributed by atoms with E-state index in [2.05, 4.69) is 5.32 Å². The number of carbonyl (C=O) groups excluding carboxylic acids is 1. The van der Waals surface area contributed by atoms with E-state index in [0.29, 0.717) is 5.56 Å². The first-order chi connectivity index (χ1) is 9.19. The second-order valence-electron chi connectivity index (χ2n) is 3.76. The monoisotopic (exact) mass is 280 g/mol. The highest BCUT2D eigenvalue weighted by Gasteiger charge is 2.12. The molecular weight excluding hydrogens is 264 g/mol. The molecule has 5 nitrogen and oxygen atoms in total. The number of methoxy groups -OCH3 is 1. The molecular formula is C13H16N2O3S. The van der Waals surface area contributed by atoms with E-state index in [1.165, 1.54) is 18.9 Å². The van der Waals surface area contributed by atoms with Crippen molar-refractivity contribution < 1.29 is 14.6 Å². The Hall–Kier alpha value is -1.55. The predicted molar refractivity (Wildman–Crippen MR) is 73.0 cm³/mol. The first-order valence-corrected chi connectivity index (χ1v) is 6.71. The number of nitrogens with zero attached hydrogens (tertiary/aromatic N) is 1. The van der Waals surface area contributed by atoms with E-state index in [1.807, 2.05) is 12.1 Å². The zero-order valence-corrected chi connectivity index (χ0v) is 11.4. The molecule has 1 aromatic rings. The van der Waals surface area contributed by atoms with Crippen molar-refractivity contribution in [1.82, 2.24) is 5.32 Å². The van der Waals surface area contributed by atoms with Crippen LogP contribution >= 0.6 is 11.8 Å². The van der Waals surface area contributed by atoms with Crippen LogP contribution in [0.3, 0.4) is 0 Å². The summed E-state index contributed by atoms with van der Waals surface area (Å²) in [5, 5.41) is 20.7. The summed E-state index contributed by atoms with van der Waals surface area (Å²) < 4.78 is 4.78. The SMILES string of the molecule is COCC(O)CNC(=O)c1ccccc1SCC#N. The highest BCUT2D eigenvalue weighted by Crippen LogP contribution is 2.21. The predicted octanol–water partition coefficient (Wildman–Crippen LogP) is 1.04. The number of rotatable bonds is 7. The highest BCUT2D eigenvalue weighted by molar-refractivity contribution is 7.99. The third kappa shape index (κ3) is 5.30. The summed E-state index contributed by atoms with van der Waals surface area (Å²) in [5.41, 5.74) is 0.507. The largest absolute Gasteiger partial charge is 0.389 e. The van der Waals surface area contributed by atoms with Gasteiger partial charge >= 0.3 is 0 Å². The summed E-state index contributed by atoms with van der Waals surface area (Å²) in [6.45, 7) is 0.301. The molecule has 0 saturated carbocycles. The van der Waals surface area contributed by atoms with E-state index in [0.717, 1.165) is 4.90 Å². The van der Waals surface area contributed by atoms with Crippen molar-refractivity contribution in [3.8, 4) is 6.07 Å². The van der Waals surface area contributed by atoms with Gasteiger partial charge in [0, 0.05) is 18.6 Å². The Morgan fingerprint density at radius 1 is 1.58 bits per heavy atom. The Bertz CT molecular complexity index is 459. The van der Waals surface area contributed by atoms with Crippen LogP contribution in [0.1, 0.15) is 10.4 Å². The fourth-order valence-corrected chi connectivity index (χ4v) is 2.16. The number of carbonyl (C=O) groups is 1. The normalized spacial score (nSPS) is 11.6. The maximum Gasteiger partial charge on any atom is 0.252 e. The molecule has 1 rings (SSSR count). The second kappa shape index (κ2) is 8.53. The van der Waals surface area contributed by atoms with Gasteiger partial charge in [0.1, 0.15) is 0 Å². The molecule has 2 N–H and O–H groups in total. The number of amides is 1. The van der Waals surface area contributed by atoms with Crippen LogP contribution in [0.15, 0.2) is 29.2 Å². The lowest BCUT2D eigenvalue weighted by atomic mass is 10.2. The van der Waals surface area contributed by atoms with Gasteiger partial charge < -0.3 is 15.2 Å². The topological polar surface area (TPSA) is 82.3 Å². The minimum atomic E-state index is -0.729. The molecule has 1 atom stereocenters. The number of aliphatic hydroxyl groups is 1. The van der Waals surface area contributed by atoms with E-state index in [9.17, 15) is 9.90 Å². The molecule has 0 spiro atoms. The van der Waals surface area contributed by atoms with E-state index < -0.39 is 6.10 Å². The quantitative estimate of drug-likeness (QED) is 0.729. The Balaban J connectivity index is 2.63. The number of ether oxygens (including phenoxy) is 1. The van der Waals surface area contributed by atoms with Gasteiger partial charge in [-0.1, -0.05) is 12.1 Å². The van der Waals surface area contributed by atoms with Crippen LogP contribution in [0.4, 0.5) is 0 Å². The van der Waals surface area contributed by atoms with Crippen molar-refractivity contribution in [1.29, 1.82) is 5.26 Å². The number of hydrogen-bond donors (Lipinski definition) is 2. The molecule has 0 aromatic heterocycles. The molecule has 1 aromatic carbocycles.